The van der Waals surface area contributed by atoms with Gasteiger partial charge < -0.3 is 10.6 Å². The third kappa shape index (κ3) is 3.83. The second kappa shape index (κ2) is 7.26. The van der Waals surface area contributed by atoms with Crippen LogP contribution in [0, 0.1) is 25.5 Å². The highest BCUT2D eigenvalue weighted by Crippen LogP contribution is 2.21. The molecular formula is C19H16F2N4O. The minimum atomic E-state index is -1.04. The molecule has 1 amide bonds. The van der Waals surface area contributed by atoms with Crippen molar-refractivity contribution in [3.63, 3.8) is 0 Å². The van der Waals surface area contributed by atoms with E-state index in [1.165, 1.54) is 18.5 Å². The van der Waals surface area contributed by atoms with Gasteiger partial charge in [-0.2, -0.15) is 0 Å². The first-order valence-electron chi connectivity index (χ1n) is 7.86. The number of hydrogen-bond donors (Lipinski definition) is 2. The summed E-state index contributed by atoms with van der Waals surface area (Å²) in [6, 6.07) is 8.97. The van der Waals surface area contributed by atoms with E-state index in [4.69, 9.17) is 0 Å². The molecule has 26 heavy (non-hydrogen) atoms. The third-order valence-electron chi connectivity index (χ3n) is 3.93. The molecule has 0 unspecified atom stereocenters. The van der Waals surface area contributed by atoms with E-state index in [1.54, 1.807) is 0 Å². The molecule has 5 nitrogen and oxygen atoms in total. The van der Waals surface area contributed by atoms with Crippen LogP contribution in [0.1, 0.15) is 21.6 Å². The van der Waals surface area contributed by atoms with E-state index in [0.717, 1.165) is 28.9 Å². The predicted molar refractivity (Wildman–Crippen MR) is 95.5 cm³/mol. The molecule has 0 atom stereocenters. The Balaban J connectivity index is 1.71. The molecule has 0 bridgehead atoms. The van der Waals surface area contributed by atoms with Gasteiger partial charge in [0.1, 0.15) is 11.5 Å². The molecule has 7 heteroatoms. The zero-order chi connectivity index (χ0) is 18.7. The molecule has 3 aromatic rings. The second-order valence-electron chi connectivity index (χ2n) is 5.74. The fraction of sp³-hybridized carbons (Fsp3) is 0.105. The summed E-state index contributed by atoms with van der Waals surface area (Å²) in [4.78, 5) is 20.4. The van der Waals surface area contributed by atoms with Gasteiger partial charge in [0, 0.05) is 17.4 Å². The van der Waals surface area contributed by atoms with Gasteiger partial charge in [0.25, 0.3) is 5.91 Å². The summed E-state index contributed by atoms with van der Waals surface area (Å²) < 4.78 is 26.1. The van der Waals surface area contributed by atoms with Crippen molar-refractivity contribution in [2.75, 3.05) is 10.6 Å². The van der Waals surface area contributed by atoms with Gasteiger partial charge in [-0.25, -0.2) is 18.7 Å². The maximum atomic E-state index is 13.2. The van der Waals surface area contributed by atoms with Crippen molar-refractivity contribution in [3.05, 3.63) is 77.2 Å². The van der Waals surface area contributed by atoms with E-state index in [1.807, 2.05) is 32.0 Å². The summed E-state index contributed by atoms with van der Waals surface area (Å²) in [6.07, 6.45) is 2.74. The molecule has 2 aromatic carbocycles. The molecule has 0 aliphatic rings. The van der Waals surface area contributed by atoms with Gasteiger partial charge in [-0.3, -0.25) is 4.79 Å². The highest BCUT2D eigenvalue weighted by Gasteiger charge is 2.11. The molecule has 1 aromatic heterocycles. The van der Waals surface area contributed by atoms with Crippen molar-refractivity contribution >= 4 is 23.1 Å². The number of carbonyl (C=O) groups is 1. The Morgan fingerprint density at radius 2 is 1.81 bits per heavy atom. The largest absolute Gasteiger partial charge is 0.339 e. The summed E-state index contributed by atoms with van der Waals surface area (Å²) in [5, 5.41) is 5.59. The Bertz CT molecular complexity index is 958. The van der Waals surface area contributed by atoms with Crippen LogP contribution >= 0.6 is 0 Å². The number of amides is 1. The molecule has 0 saturated heterocycles. The Morgan fingerprint density at radius 3 is 2.50 bits per heavy atom. The van der Waals surface area contributed by atoms with E-state index in [9.17, 15) is 13.6 Å². The number of carbonyl (C=O) groups excluding carboxylic acids is 1. The van der Waals surface area contributed by atoms with Crippen LogP contribution in [0.3, 0.4) is 0 Å². The normalized spacial score (nSPS) is 10.5. The van der Waals surface area contributed by atoms with Crippen LogP contribution in [0.5, 0.6) is 0 Å². The third-order valence-corrected chi connectivity index (χ3v) is 3.93. The quantitative estimate of drug-likeness (QED) is 0.730. The zero-order valence-electron chi connectivity index (χ0n) is 14.2. The smallest absolute Gasteiger partial charge is 0.275 e. The van der Waals surface area contributed by atoms with Crippen LogP contribution < -0.4 is 10.6 Å². The van der Waals surface area contributed by atoms with Gasteiger partial charge in [0.05, 0.1) is 12.4 Å². The lowest BCUT2D eigenvalue weighted by Crippen LogP contribution is -2.14. The molecular weight excluding hydrogens is 338 g/mol. The standard InChI is InChI=1S/C19H16F2N4O/c1-11-4-3-5-16(12(11)2)25-18-10-22-17(9-23-18)19(26)24-13-6-7-14(20)15(21)8-13/h3-10H,1-2H3,(H,23,25)(H,24,26). The summed E-state index contributed by atoms with van der Waals surface area (Å²) in [6.45, 7) is 4.01. The monoisotopic (exact) mass is 354 g/mol. The highest BCUT2D eigenvalue weighted by atomic mass is 19.2. The molecule has 132 valence electrons. The van der Waals surface area contributed by atoms with Gasteiger partial charge in [0.15, 0.2) is 11.6 Å². The minimum absolute atomic E-state index is 0.0567. The van der Waals surface area contributed by atoms with Crippen molar-refractivity contribution < 1.29 is 13.6 Å². The van der Waals surface area contributed by atoms with Crippen LogP contribution in [0.15, 0.2) is 48.8 Å². The van der Waals surface area contributed by atoms with Crippen LogP contribution in [0.25, 0.3) is 0 Å². The predicted octanol–water partition coefficient (Wildman–Crippen LogP) is 4.37. The fourth-order valence-electron chi connectivity index (χ4n) is 2.30. The maximum Gasteiger partial charge on any atom is 0.275 e. The number of nitrogens with one attached hydrogen (secondary N) is 2. The Morgan fingerprint density at radius 1 is 1.00 bits per heavy atom. The maximum absolute atomic E-state index is 13.2. The Labute approximate surface area is 149 Å². The van der Waals surface area contributed by atoms with E-state index < -0.39 is 17.5 Å². The first-order valence-corrected chi connectivity index (χ1v) is 7.86. The fourth-order valence-corrected chi connectivity index (χ4v) is 2.30. The number of rotatable bonds is 4. The van der Waals surface area contributed by atoms with E-state index in [0.29, 0.717) is 5.82 Å². The Hall–Kier alpha value is -3.35. The van der Waals surface area contributed by atoms with E-state index in [-0.39, 0.29) is 11.4 Å². The summed E-state index contributed by atoms with van der Waals surface area (Å²) in [5.74, 6) is -2.10. The van der Waals surface area contributed by atoms with Crippen molar-refractivity contribution in [3.8, 4) is 0 Å². The molecule has 0 aliphatic heterocycles. The number of nitrogens with zero attached hydrogens (tertiary/aromatic N) is 2. The van der Waals surface area contributed by atoms with Gasteiger partial charge >= 0.3 is 0 Å². The molecule has 0 aliphatic carbocycles. The molecule has 0 saturated carbocycles. The first-order chi connectivity index (χ1) is 12.4. The average Bonchev–Trinajstić information content (AvgIpc) is 2.63. The van der Waals surface area contributed by atoms with Crippen LogP contribution in [0.4, 0.5) is 26.0 Å². The van der Waals surface area contributed by atoms with Crippen molar-refractivity contribution in [1.29, 1.82) is 0 Å². The molecule has 0 spiro atoms. The zero-order valence-corrected chi connectivity index (χ0v) is 14.2. The number of anilines is 3. The van der Waals surface area contributed by atoms with Crippen molar-refractivity contribution in [1.82, 2.24) is 9.97 Å². The molecule has 1 heterocycles. The molecule has 2 N–H and O–H groups in total. The van der Waals surface area contributed by atoms with Crippen molar-refractivity contribution in [2.24, 2.45) is 0 Å². The second-order valence-corrected chi connectivity index (χ2v) is 5.74. The molecule has 0 radical (unpaired) electrons. The number of aryl methyl sites for hydroxylation is 1. The number of hydrogen-bond acceptors (Lipinski definition) is 4. The lowest BCUT2D eigenvalue weighted by atomic mass is 10.1. The number of aromatic nitrogens is 2. The SMILES string of the molecule is Cc1cccc(Nc2cnc(C(=O)Nc3ccc(F)c(F)c3)cn2)c1C. The number of benzene rings is 2. The lowest BCUT2D eigenvalue weighted by molar-refractivity contribution is 0.102. The van der Waals surface area contributed by atoms with Crippen LogP contribution in [0.2, 0.25) is 0 Å². The van der Waals surface area contributed by atoms with Crippen LogP contribution in [-0.4, -0.2) is 15.9 Å². The molecule has 0 fully saturated rings. The van der Waals surface area contributed by atoms with Crippen molar-refractivity contribution in [2.45, 2.75) is 13.8 Å². The Kier molecular flexibility index (Phi) is 4.88. The average molecular weight is 354 g/mol. The van der Waals surface area contributed by atoms with Gasteiger partial charge in [-0.05, 0) is 43.2 Å². The topological polar surface area (TPSA) is 66.9 Å². The van der Waals surface area contributed by atoms with E-state index >= 15 is 0 Å². The van der Waals surface area contributed by atoms with Gasteiger partial charge in [-0.1, -0.05) is 12.1 Å². The molecule has 3 rings (SSSR count). The lowest BCUT2D eigenvalue weighted by Gasteiger charge is -2.11. The number of halogens is 2. The van der Waals surface area contributed by atoms with Crippen LogP contribution in [-0.2, 0) is 0 Å². The summed E-state index contributed by atoms with van der Waals surface area (Å²) >= 11 is 0. The van der Waals surface area contributed by atoms with Gasteiger partial charge in [0.2, 0.25) is 0 Å². The first kappa shape index (κ1) is 17.5. The van der Waals surface area contributed by atoms with Gasteiger partial charge in [-0.15, -0.1) is 0 Å². The minimum Gasteiger partial charge on any atom is -0.339 e. The summed E-state index contributed by atoms with van der Waals surface area (Å²) in [5.41, 5.74) is 3.33. The van der Waals surface area contributed by atoms with E-state index in [2.05, 4.69) is 20.6 Å². The highest BCUT2D eigenvalue weighted by molar-refractivity contribution is 6.02. The summed E-state index contributed by atoms with van der Waals surface area (Å²) in [7, 11) is 0.